The maximum atomic E-state index is 4.66. The molecule has 0 fully saturated rings. The van der Waals surface area contributed by atoms with E-state index < -0.39 is 0 Å². The predicted molar refractivity (Wildman–Crippen MR) is 85.6 cm³/mol. The molecule has 0 radical (unpaired) electrons. The van der Waals surface area contributed by atoms with E-state index >= 15 is 0 Å². The molecule has 0 saturated carbocycles. The van der Waals surface area contributed by atoms with Crippen molar-refractivity contribution < 1.29 is 0 Å². The first-order valence-corrected chi connectivity index (χ1v) is 8.05. The van der Waals surface area contributed by atoms with Crippen LogP contribution < -0.4 is 5.32 Å². The lowest BCUT2D eigenvalue weighted by atomic mass is 9.84. The van der Waals surface area contributed by atoms with Crippen LogP contribution in [-0.2, 0) is 19.4 Å². The third-order valence-electron chi connectivity index (χ3n) is 3.76. The van der Waals surface area contributed by atoms with Gasteiger partial charge in [-0.3, -0.25) is 4.68 Å². The second kappa shape index (κ2) is 6.89. The highest BCUT2D eigenvalue weighted by Crippen LogP contribution is 2.27. The van der Waals surface area contributed by atoms with Crippen molar-refractivity contribution in [3.63, 3.8) is 0 Å². The number of rotatable bonds is 6. The zero-order chi connectivity index (χ0) is 14.6. The van der Waals surface area contributed by atoms with Crippen LogP contribution in [-0.4, -0.2) is 22.9 Å². The summed E-state index contributed by atoms with van der Waals surface area (Å²) in [6.07, 6.45) is 3.17. The highest BCUT2D eigenvalue weighted by molar-refractivity contribution is 9.10. The lowest BCUT2D eigenvalue weighted by Gasteiger charge is -2.30. The average molecular weight is 330 g/mol. The highest BCUT2D eigenvalue weighted by atomic mass is 79.9. The first-order valence-electron chi connectivity index (χ1n) is 7.26. The van der Waals surface area contributed by atoms with Crippen LogP contribution in [0.3, 0.4) is 0 Å². The van der Waals surface area contributed by atoms with Gasteiger partial charge in [0.1, 0.15) is 0 Å². The maximum absolute atomic E-state index is 4.66. The van der Waals surface area contributed by atoms with E-state index in [1.54, 1.807) is 0 Å². The summed E-state index contributed by atoms with van der Waals surface area (Å²) in [5, 5.41) is 8.11. The molecule has 1 unspecified atom stereocenters. The molecule has 1 aromatic rings. The fraction of sp³-hybridized carbons (Fsp3) is 0.800. The summed E-state index contributed by atoms with van der Waals surface area (Å²) in [6.45, 7) is 12.1. The topological polar surface area (TPSA) is 29.9 Å². The summed E-state index contributed by atoms with van der Waals surface area (Å²) in [5.41, 5.74) is 2.80. The molecule has 1 aromatic heterocycles. The van der Waals surface area contributed by atoms with Gasteiger partial charge in [-0.05, 0) is 54.6 Å². The van der Waals surface area contributed by atoms with Crippen LogP contribution in [0.5, 0.6) is 0 Å². The van der Waals surface area contributed by atoms with E-state index in [2.05, 4.69) is 72.7 Å². The molecule has 4 heteroatoms. The summed E-state index contributed by atoms with van der Waals surface area (Å²) in [4.78, 5) is 0. The molecular weight excluding hydrogens is 302 g/mol. The molecule has 0 bridgehead atoms. The van der Waals surface area contributed by atoms with Crippen LogP contribution in [0, 0.1) is 5.41 Å². The van der Waals surface area contributed by atoms with E-state index in [0.717, 1.165) is 25.8 Å². The summed E-state index contributed by atoms with van der Waals surface area (Å²) in [7, 11) is 2.06. The van der Waals surface area contributed by atoms with Crippen molar-refractivity contribution in [2.45, 2.75) is 66.5 Å². The quantitative estimate of drug-likeness (QED) is 0.860. The molecule has 1 atom stereocenters. The van der Waals surface area contributed by atoms with Crippen molar-refractivity contribution in [2.24, 2.45) is 5.41 Å². The van der Waals surface area contributed by atoms with E-state index in [0.29, 0.717) is 6.04 Å². The third-order valence-corrected chi connectivity index (χ3v) is 4.67. The highest BCUT2D eigenvalue weighted by Gasteiger charge is 2.24. The molecule has 0 aliphatic carbocycles. The van der Waals surface area contributed by atoms with Crippen molar-refractivity contribution in [1.82, 2.24) is 15.1 Å². The zero-order valence-electron chi connectivity index (χ0n) is 13.2. The van der Waals surface area contributed by atoms with Crippen LogP contribution in [0.15, 0.2) is 4.47 Å². The first kappa shape index (κ1) is 16.7. The van der Waals surface area contributed by atoms with Gasteiger partial charge in [0.2, 0.25) is 0 Å². The van der Waals surface area contributed by atoms with Crippen LogP contribution in [0.1, 0.15) is 52.4 Å². The van der Waals surface area contributed by atoms with Crippen LogP contribution in [0.2, 0.25) is 0 Å². The third kappa shape index (κ3) is 4.06. The molecule has 110 valence electrons. The molecule has 19 heavy (non-hydrogen) atoms. The predicted octanol–water partition coefficient (Wildman–Crippen LogP) is 3.79. The molecule has 0 amide bonds. The smallest absolute Gasteiger partial charge is 0.0766 e. The second-order valence-corrected chi connectivity index (χ2v) is 6.92. The molecule has 3 nitrogen and oxygen atoms in total. The molecule has 0 aromatic carbocycles. The molecular formula is C15H28BrN3. The van der Waals surface area contributed by atoms with Gasteiger partial charge < -0.3 is 5.32 Å². The minimum absolute atomic E-state index is 0.284. The van der Waals surface area contributed by atoms with Crippen molar-refractivity contribution >= 4 is 15.9 Å². The number of nitrogens with one attached hydrogen (secondary N) is 1. The maximum Gasteiger partial charge on any atom is 0.0766 e. The number of hydrogen-bond donors (Lipinski definition) is 1. The van der Waals surface area contributed by atoms with Crippen molar-refractivity contribution in [2.75, 3.05) is 7.05 Å². The Bertz CT molecular complexity index is 404. The lowest BCUT2D eigenvalue weighted by molar-refractivity contribution is 0.266. The minimum atomic E-state index is 0.284. The Morgan fingerprint density at radius 2 is 1.95 bits per heavy atom. The van der Waals surface area contributed by atoms with Crippen molar-refractivity contribution in [1.29, 1.82) is 0 Å². The van der Waals surface area contributed by atoms with E-state index in [9.17, 15) is 0 Å². The summed E-state index contributed by atoms with van der Waals surface area (Å²) in [6, 6.07) is 0.518. The standard InChI is InChI=1S/C15H28BrN3/c1-7-11-14(16)12(19(8-2)18-11)9-10-13(17-6)15(3,4)5/h13,17H,7-10H2,1-6H3. The Labute approximate surface area is 126 Å². The Kier molecular flexibility index (Phi) is 6.06. The number of halogens is 1. The SMILES string of the molecule is CCc1nn(CC)c(CCC(NC)C(C)(C)C)c1Br. The molecule has 1 heterocycles. The molecule has 0 saturated heterocycles. The van der Waals surface area contributed by atoms with Crippen LogP contribution in [0.4, 0.5) is 0 Å². The average Bonchev–Trinajstić information content (AvgIpc) is 2.65. The second-order valence-electron chi connectivity index (χ2n) is 6.12. The van der Waals surface area contributed by atoms with Gasteiger partial charge in [0.25, 0.3) is 0 Å². The largest absolute Gasteiger partial charge is 0.316 e. The molecule has 0 aliphatic rings. The summed E-state index contributed by atoms with van der Waals surface area (Å²) >= 11 is 3.72. The van der Waals surface area contributed by atoms with Gasteiger partial charge >= 0.3 is 0 Å². The van der Waals surface area contributed by atoms with E-state index in [-0.39, 0.29) is 5.41 Å². The molecule has 0 aliphatic heterocycles. The Hall–Kier alpha value is -0.350. The Balaban J connectivity index is 2.85. The van der Waals surface area contributed by atoms with E-state index in [1.165, 1.54) is 15.9 Å². The number of hydrogen-bond acceptors (Lipinski definition) is 2. The fourth-order valence-electron chi connectivity index (χ4n) is 2.55. The number of aryl methyl sites for hydroxylation is 2. The van der Waals surface area contributed by atoms with Gasteiger partial charge in [0.05, 0.1) is 15.9 Å². The van der Waals surface area contributed by atoms with Crippen LogP contribution >= 0.6 is 15.9 Å². The van der Waals surface area contributed by atoms with Crippen molar-refractivity contribution in [3.8, 4) is 0 Å². The van der Waals surface area contributed by atoms with Gasteiger partial charge in [-0.15, -0.1) is 0 Å². The normalized spacial score (nSPS) is 13.8. The van der Waals surface area contributed by atoms with E-state index in [1.807, 2.05) is 0 Å². The van der Waals surface area contributed by atoms with Crippen LogP contribution in [0.25, 0.3) is 0 Å². The van der Waals surface area contributed by atoms with Crippen molar-refractivity contribution in [3.05, 3.63) is 15.9 Å². The number of nitrogens with zero attached hydrogens (tertiary/aromatic N) is 2. The summed E-state index contributed by atoms with van der Waals surface area (Å²) < 4.78 is 3.35. The van der Waals surface area contributed by atoms with E-state index in [4.69, 9.17) is 0 Å². The molecule has 1 N–H and O–H groups in total. The van der Waals surface area contributed by atoms with Gasteiger partial charge in [-0.1, -0.05) is 27.7 Å². The Morgan fingerprint density at radius 1 is 1.32 bits per heavy atom. The van der Waals surface area contributed by atoms with Gasteiger partial charge in [-0.2, -0.15) is 5.10 Å². The fourth-order valence-corrected chi connectivity index (χ4v) is 3.31. The molecule has 1 rings (SSSR count). The lowest BCUT2D eigenvalue weighted by Crippen LogP contribution is -2.38. The van der Waals surface area contributed by atoms with Gasteiger partial charge in [0, 0.05) is 12.6 Å². The minimum Gasteiger partial charge on any atom is -0.316 e. The van der Waals surface area contributed by atoms with Gasteiger partial charge in [0.15, 0.2) is 0 Å². The Morgan fingerprint density at radius 3 is 2.37 bits per heavy atom. The monoisotopic (exact) mass is 329 g/mol. The summed E-state index contributed by atoms with van der Waals surface area (Å²) in [5.74, 6) is 0. The molecule has 0 spiro atoms. The van der Waals surface area contributed by atoms with Gasteiger partial charge in [-0.25, -0.2) is 0 Å². The number of aromatic nitrogens is 2. The zero-order valence-corrected chi connectivity index (χ0v) is 14.8. The first-order chi connectivity index (χ1) is 8.85.